The van der Waals surface area contributed by atoms with Crippen LogP contribution in [0.15, 0.2) is 47.5 Å². The lowest BCUT2D eigenvalue weighted by Crippen LogP contribution is -2.27. The number of fused-ring (bicyclic) bond motifs is 1. The van der Waals surface area contributed by atoms with Crippen LogP contribution in [0.4, 0.5) is 4.39 Å². The molecule has 2 N–H and O–H groups in total. The van der Waals surface area contributed by atoms with E-state index in [1.54, 1.807) is 30.3 Å². The molecule has 0 bridgehead atoms. The lowest BCUT2D eigenvalue weighted by molar-refractivity contribution is -0.125. The number of benzene rings is 1. The Bertz CT molecular complexity index is 1050. The molecule has 1 aliphatic rings. The molecule has 1 fully saturated rings. The van der Waals surface area contributed by atoms with Crippen LogP contribution in [0.5, 0.6) is 5.75 Å². The lowest BCUT2D eigenvalue weighted by atomic mass is 10.0. The molecule has 0 saturated carbocycles. The van der Waals surface area contributed by atoms with Crippen LogP contribution in [-0.4, -0.2) is 50.4 Å². The van der Waals surface area contributed by atoms with Crippen molar-refractivity contribution < 1.29 is 14.3 Å². The third-order valence-electron chi connectivity index (χ3n) is 4.81. The number of carbonyl (C=O) groups excluding carboxylic acids is 1. The first-order valence-corrected chi connectivity index (χ1v) is 9.17. The van der Waals surface area contributed by atoms with Crippen LogP contribution >= 0.6 is 15.9 Å². The van der Waals surface area contributed by atoms with E-state index in [-0.39, 0.29) is 24.7 Å². The van der Waals surface area contributed by atoms with Gasteiger partial charge in [-0.05, 0) is 40.2 Å². The van der Waals surface area contributed by atoms with Gasteiger partial charge in [0, 0.05) is 27.7 Å². The number of H-pyrrole nitrogens is 1. The number of nitrogens with zero attached hydrogens (tertiary/aromatic N) is 3. The Morgan fingerprint density at radius 2 is 2.15 bits per heavy atom. The molecule has 0 aliphatic carbocycles. The highest BCUT2D eigenvalue weighted by atomic mass is 79.9. The van der Waals surface area contributed by atoms with Gasteiger partial charge in [-0.1, -0.05) is 18.7 Å². The largest absolute Gasteiger partial charge is 0.507 e. The predicted molar refractivity (Wildman–Crippen MR) is 103 cm³/mol. The summed E-state index contributed by atoms with van der Waals surface area (Å²) in [6.45, 7) is 3.75. The van der Waals surface area contributed by atoms with Crippen molar-refractivity contribution in [1.29, 1.82) is 0 Å². The smallest absolute Gasteiger partial charge is 0.246 e. The van der Waals surface area contributed by atoms with E-state index in [9.17, 15) is 14.3 Å². The second kappa shape index (κ2) is 6.77. The normalized spacial score (nSPS) is 19.6. The van der Waals surface area contributed by atoms with Gasteiger partial charge in [-0.15, -0.1) is 10.2 Å². The topological polar surface area (TPSA) is 82.1 Å². The Labute approximate surface area is 162 Å². The van der Waals surface area contributed by atoms with Crippen LogP contribution in [0, 0.1) is 0 Å². The van der Waals surface area contributed by atoms with E-state index >= 15 is 0 Å². The maximum atomic E-state index is 14.6. The van der Waals surface area contributed by atoms with E-state index in [0.29, 0.717) is 27.1 Å². The van der Waals surface area contributed by atoms with Crippen LogP contribution in [0.1, 0.15) is 11.6 Å². The Kier molecular flexibility index (Phi) is 4.43. The second-order valence-corrected chi connectivity index (χ2v) is 7.22. The van der Waals surface area contributed by atoms with Crippen LogP contribution in [0.3, 0.4) is 0 Å². The van der Waals surface area contributed by atoms with Gasteiger partial charge in [0.05, 0.1) is 18.2 Å². The molecular formula is C19H16BrFN4O2. The molecule has 2 aromatic heterocycles. The first-order chi connectivity index (χ1) is 13.0. The van der Waals surface area contributed by atoms with E-state index in [4.69, 9.17) is 0 Å². The summed E-state index contributed by atoms with van der Waals surface area (Å²) >= 11 is 3.54. The zero-order valence-corrected chi connectivity index (χ0v) is 15.8. The van der Waals surface area contributed by atoms with Crippen molar-refractivity contribution in [3.8, 4) is 17.0 Å². The molecule has 0 unspecified atom stereocenters. The number of rotatable bonds is 3. The van der Waals surface area contributed by atoms with Gasteiger partial charge < -0.3 is 15.0 Å². The maximum Gasteiger partial charge on any atom is 0.246 e. The fraction of sp³-hybridized carbons (Fsp3) is 0.211. The van der Waals surface area contributed by atoms with Gasteiger partial charge >= 0.3 is 0 Å². The minimum atomic E-state index is -1.19. The highest BCUT2D eigenvalue weighted by molar-refractivity contribution is 9.10. The van der Waals surface area contributed by atoms with Gasteiger partial charge in [-0.2, -0.15) is 0 Å². The molecule has 1 saturated heterocycles. The highest BCUT2D eigenvalue weighted by Crippen LogP contribution is 2.38. The average Bonchev–Trinajstić information content (AvgIpc) is 3.21. The van der Waals surface area contributed by atoms with Gasteiger partial charge in [0.2, 0.25) is 5.91 Å². The number of aromatic nitrogens is 3. The molecule has 6 nitrogen and oxygen atoms in total. The molecule has 1 amide bonds. The molecule has 2 atom stereocenters. The number of aromatic amines is 1. The zero-order chi connectivity index (χ0) is 19.1. The molecule has 138 valence electrons. The van der Waals surface area contributed by atoms with Crippen LogP contribution in [0.25, 0.3) is 22.3 Å². The molecule has 1 aromatic carbocycles. The molecular weight excluding hydrogens is 415 g/mol. The maximum absolute atomic E-state index is 14.6. The molecule has 0 radical (unpaired) electrons. The SMILES string of the molecule is C=CC(=O)N1C[C@H](c2[nH]c3nnc(-c4ccccc4O)cc3c2Br)[C@@H](F)C1. The number of likely N-dealkylation sites (tertiary alicyclic amines) is 1. The minimum Gasteiger partial charge on any atom is -0.507 e. The Morgan fingerprint density at radius 3 is 2.89 bits per heavy atom. The number of alkyl halides is 1. The van der Waals surface area contributed by atoms with E-state index in [1.807, 2.05) is 0 Å². The predicted octanol–water partition coefficient (Wildman–Crippen LogP) is 3.54. The lowest BCUT2D eigenvalue weighted by Gasteiger charge is -2.13. The van der Waals surface area contributed by atoms with Crippen molar-refractivity contribution >= 4 is 32.9 Å². The summed E-state index contributed by atoms with van der Waals surface area (Å²) in [6, 6.07) is 8.65. The Hall–Kier alpha value is -2.74. The van der Waals surface area contributed by atoms with Crippen molar-refractivity contribution in [2.24, 2.45) is 0 Å². The summed E-state index contributed by atoms with van der Waals surface area (Å²) in [5, 5.41) is 19.1. The van der Waals surface area contributed by atoms with Crippen molar-refractivity contribution in [3.05, 3.63) is 53.2 Å². The number of halogens is 2. The van der Waals surface area contributed by atoms with Gasteiger partial charge in [0.15, 0.2) is 5.65 Å². The molecule has 0 spiro atoms. The molecule has 4 rings (SSSR count). The number of phenols is 1. The number of aromatic hydroxyl groups is 1. The number of carbonyl (C=O) groups is 1. The van der Waals surface area contributed by atoms with E-state index in [1.165, 1.54) is 11.0 Å². The average molecular weight is 431 g/mol. The summed E-state index contributed by atoms with van der Waals surface area (Å²) in [4.78, 5) is 16.4. The molecule has 27 heavy (non-hydrogen) atoms. The molecule has 1 aliphatic heterocycles. The van der Waals surface area contributed by atoms with Gasteiger partial charge in [-0.3, -0.25) is 4.79 Å². The zero-order valence-electron chi connectivity index (χ0n) is 14.2. The van der Waals surface area contributed by atoms with E-state index in [2.05, 4.69) is 37.7 Å². The van der Waals surface area contributed by atoms with Gasteiger partial charge in [-0.25, -0.2) is 4.39 Å². The minimum absolute atomic E-state index is 0.0339. The summed E-state index contributed by atoms with van der Waals surface area (Å²) in [7, 11) is 0. The van der Waals surface area contributed by atoms with E-state index < -0.39 is 12.1 Å². The number of amides is 1. The van der Waals surface area contributed by atoms with Crippen LogP contribution < -0.4 is 0 Å². The van der Waals surface area contributed by atoms with E-state index in [0.717, 1.165) is 5.39 Å². The van der Waals surface area contributed by atoms with Crippen LogP contribution in [0.2, 0.25) is 0 Å². The van der Waals surface area contributed by atoms with Crippen molar-refractivity contribution in [2.45, 2.75) is 12.1 Å². The molecule has 8 heteroatoms. The van der Waals surface area contributed by atoms with Crippen molar-refractivity contribution in [2.75, 3.05) is 13.1 Å². The number of hydrogen-bond donors (Lipinski definition) is 2. The monoisotopic (exact) mass is 430 g/mol. The quantitative estimate of drug-likeness (QED) is 0.622. The number of hydrogen-bond acceptors (Lipinski definition) is 4. The van der Waals surface area contributed by atoms with Gasteiger partial charge in [0.25, 0.3) is 0 Å². The third kappa shape index (κ3) is 2.99. The van der Waals surface area contributed by atoms with Gasteiger partial charge in [0.1, 0.15) is 11.9 Å². The summed E-state index contributed by atoms with van der Waals surface area (Å²) in [5.74, 6) is -0.670. The Morgan fingerprint density at radius 1 is 1.37 bits per heavy atom. The van der Waals surface area contributed by atoms with Crippen molar-refractivity contribution in [1.82, 2.24) is 20.1 Å². The fourth-order valence-electron chi connectivity index (χ4n) is 3.40. The molecule has 3 heterocycles. The fourth-order valence-corrected chi connectivity index (χ4v) is 4.10. The number of nitrogens with one attached hydrogen (secondary N) is 1. The second-order valence-electron chi connectivity index (χ2n) is 6.43. The first kappa shape index (κ1) is 17.7. The summed E-state index contributed by atoms with van der Waals surface area (Å²) < 4.78 is 15.3. The third-order valence-corrected chi connectivity index (χ3v) is 5.66. The molecule has 3 aromatic rings. The standard InChI is InChI=1S/C19H16BrFN4O2/c1-2-16(27)25-8-12(13(21)9-25)18-17(20)11-7-14(23-24-19(11)22-18)10-5-3-4-6-15(10)26/h2-7,12-13,26H,1,8-9H2,(H,22,24)/t12-,13-/m0/s1. The summed E-state index contributed by atoms with van der Waals surface area (Å²) in [5.41, 5.74) is 2.23. The number of phenolic OH excluding ortho intramolecular Hbond substituents is 1. The number of para-hydroxylation sites is 1. The Balaban J connectivity index is 1.74. The highest BCUT2D eigenvalue weighted by Gasteiger charge is 2.38. The van der Waals surface area contributed by atoms with Crippen molar-refractivity contribution in [3.63, 3.8) is 0 Å². The van der Waals surface area contributed by atoms with Crippen LogP contribution in [-0.2, 0) is 4.79 Å². The first-order valence-electron chi connectivity index (χ1n) is 8.38. The summed E-state index contributed by atoms with van der Waals surface area (Å²) in [6.07, 6.45) is 0.00302.